The fourth-order valence-corrected chi connectivity index (χ4v) is 2.97. The molecule has 0 saturated carbocycles. The van der Waals surface area contributed by atoms with Gasteiger partial charge in [0.15, 0.2) is 0 Å². The van der Waals surface area contributed by atoms with E-state index in [0.29, 0.717) is 0 Å². The molecule has 2 rings (SSSR count). The average Bonchev–Trinajstić information content (AvgIpc) is 2.74. The Morgan fingerprint density at radius 1 is 1.29 bits per heavy atom. The maximum absolute atomic E-state index is 4.61. The predicted octanol–water partition coefficient (Wildman–Crippen LogP) is 4.13. The van der Waals surface area contributed by atoms with E-state index >= 15 is 0 Å². The molecule has 0 radical (unpaired) electrons. The van der Waals surface area contributed by atoms with Gasteiger partial charge in [0.25, 0.3) is 0 Å². The molecule has 3 heteroatoms. The van der Waals surface area contributed by atoms with Crippen LogP contribution in [0.25, 0.3) is 10.6 Å². The summed E-state index contributed by atoms with van der Waals surface area (Å²) in [6.07, 6.45) is 2.27. The highest BCUT2D eigenvalue weighted by Gasteiger charge is 2.05. The number of thiazole rings is 1. The van der Waals surface area contributed by atoms with Crippen molar-refractivity contribution in [3.8, 4) is 10.6 Å². The van der Waals surface area contributed by atoms with E-state index in [9.17, 15) is 0 Å². The Balaban J connectivity index is 2.24. The molecule has 2 heterocycles. The fraction of sp³-hybridized carbons (Fsp3) is 0.364. The average molecular weight is 223 g/mol. The van der Waals surface area contributed by atoms with Gasteiger partial charge in [0, 0.05) is 21.2 Å². The Bertz CT molecular complexity index is 414. The zero-order chi connectivity index (χ0) is 9.97. The molecule has 0 aromatic carbocycles. The third kappa shape index (κ3) is 2.04. The molecule has 0 saturated heterocycles. The van der Waals surface area contributed by atoms with Crippen LogP contribution in [0.2, 0.25) is 0 Å². The molecule has 0 atom stereocenters. The molecule has 74 valence electrons. The van der Waals surface area contributed by atoms with Crippen molar-refractivity contribution in [2.75, 3.05) is 0 Å². The van der Waals surface area contributed by atoms with Gasteiger partial charge in [-0.25, -0.2) is 4.98 Å². The van der Waals surface area contributed by atoms with Crippen LogP contribution in [0.5, 0.6) is 0 Å². The van der Waals surface area contributed by atoms with Crippen LogP contribution in [0.15, 0.2) is 16.8 Å². The van der Waals surface area contributed by atoms with Crippen molar-refractivity contribution in [2.24, 2.45) is 0 Å². The van der Waals surface area contributed by atoms with Crippen molar-refractivity contribution in [3.63, 3.8) is 0 Å². The molecule has 2 aromatic heterocycles. The number of nitrogens with zero attached hydrogens (tertiary/aromatic N) is 1. The van der Waals surface area contributed by atoms with Crippen LogP contribution in [0, 0.1) is 6.92 Å². The molecule has 0 N–H and O–H groups in total. The molecule has 0 spiro atoms. The van der Waals surface area contributed by atoms with Crippen LogP contribution in [0.1, 0.15) is 23.9 Å². The Kier molecular flexibility index (Phi) is 2.99. The van der Waals surface area contributed by atoms with E-state index in [4.69, 9.17) is 0 Å². The summed E-state index contributed by atoms with van der Waals surface area (Å²) in [5.74, 6) is 0. The van der Waals surface area contributed by atoms with E-state index in [-0.39, 0.29) is 0 Å². The Morgan fingerprint density at radius 2 is 2.14 bits per heavy atom. The molecular weight excluding hydrogens is 210 g/mol. The first-order valence-corrected chi connectivity index (χ1v) is 6.55. The van der Waals surface area contributed by atoms with E-state index < -0.39 is 0 Å². The Labute approximate surface area is 92.4 Å². The van der Waals surface area contributed by atoms with Gasteiger partial charge in [-0.2, -0.15) is 0 Å². The molecule has 0 fully saturated rings. The van der Waals surface area contributed by atoms with Gasteiger partial charge in [0.1, 0.15) is 5.01 Å². The van der Waals surface area contributed by atoms with E-state index in [1.54, 1.807) is 22.7 Å². The minimum atomic E-state index is 1.10. The fourth-order valence-electron chi connectivity index (χ4n) is 1.37. The molecule has 2 aromatic rings. The lowest BCUT2D eigenvalue weighted by molar-refractivity contribution is 0.894. The lowest BCUT2D eigenvalue weighted by Gasteiger charge is -1.89. The van der Waals surface area contributed by atoms with Crippen LogP contribution >= 0.6 is 22.7 Å². The number of hydrogen-bond acceptors (Lipinski definition) is 3. The van der Waals surface area contributed by atoms with Crippen LogP contribution in [0.4, 0.5) is 0 Å². The lowest BCUT2D eigenvalue weighted by atomic mass is 10.3. The minimum absolute atomic E-state index is 1.10. The number of hydrogen-bond donors (Lipinski definition) is 0. The standard InChI is InChI=1S/C11H13NS2/c1-3-4-10-7-14-11(12-10)9-5-8(2)13-6-9/h5-7H,3-4H2,1-2H3. The normalized spacial score (nSPS) is 10.7. The Morgan fingerprint density at radius 3 is 2.79 bits per heavy atom. The van der Waals surface area contributed by atoms with E-state index in [2.05, 4.69) is 35.7 Å². The molecule has 0 unspecified atom stereocenters. The molecule has 0 amide bonds. The third-order valence-electron chi connectivity index (χ3n) is 2.04. The zero-order valence-electron chi connectivity index (χ0n) is 8.41. The van der Waals surface area contributed by atoms with E-state index in [1.807, 2.05) is 0 Å². The van der Waals surface area contributed by atoms with Crippen molar-refractivity contribution >= 4 is 22.7 Å². The van der Waals surface area contributed by atoms with Crippen LogP contribution in [-0.4, -0.2) is 4.98 Å². The second-order valence-electron chi connectivity index (χ2n) is 3.34. The molecule has 0 bridgehead atoms. The molecule has 14 heavy (non-hydrogen) atoms. The van der Waals surface area contributed by atoms with Crippen molar-refractivity contribution in [1.29, 1.82) is 0 Å². The lowest BCUT2D eigenvalue weighted by Crippen LogP contribution is -1.81. The summed E-state index contributed by atoms with van der Waals surface area (Å²) in [6, 6.07) is 2.21. The highest BCUT2D eigenvalue weighted by molar-refractivity contribution is 7.14. The first-order valence-electron chi connectivity index (χ1n) is 4.79. The number of aryl methyl sites for hydroxylation is 2. The summed E-state index contributed by atoms with van der Waals surface area (Å²) in [5, 5.41) is 5.52. The summed E-state index contributed by atoms with van der Waals surface area (Å²) in [4.78, 5) is 5.96. The summed E-state index contributed by atoms with van der Waals surface area (Å²) in [6.45, 7) is 4.32. The topological polar surface area (TPSA) is 12.9 Å². The second kappa shape index (κ2) is 4.24. The number of thiophene rings is 1. The van der Waals surface area contributed by atoms with Gasteiger partial charge in [-0.15, -0.1) is 22.7 Å². The maximum Gasteiger partial charge on any atom is 0.124 e. The van der Waals surface area contributed by atoms with Gasteiger partial charge in [-0.3, -0.25) is 0 Å². The first kappa shape index (κ1) is 9.87. The molecule has 1 nitrogen and oxygen atoms in total. The number of aromatic nitrogens is 1. The van der Waals surface area contributed by atoms with Gasteiger partial charge in [-0.1, -0.05) is 13.3 Å². The zero-order valence-corrected chi connectivity index (χ0v) is 10.0. The van der Waals surface area contributed by atoms with Gasteiger partial charge < -0.3 is 0 Å². The van der Waals surface area contributed by atoms with Crippen LogP contribution in [-0.2, 0) is 6.42 Å². The van der Waals surface area contributed by atoms with Crippen molar-refractivity contribution in [3.05, 3.63) is 27.4 Å². The highest BCUT2D eigenvalue weighted by Crippen LogP contribution is 2.28. The van der Waals surface area contributed by atoms with Gasteiger partial charge >= 0.3 is 0 Å². The van der Waals surface area contributed by atoms with Crippen molar-refractivity contribution in [2.45, 2.75) is 26.7 Å². The third-order valence-corrected chi connectivity index (χ3v) is 3.84. The highest BCUT2D eigenvalue weighted by atomic mass is 32.1. The van der Waals surface area contributed by atoms with Crippen LogP contribution in [0.3, 0.4) is 0 Å². The quantitative estimate of drug-likeness (QED) is 0.762. The van der Waals surface area contributed by atoms with Crippen molar-refractivity contribution < 1.29 is 0 Å². The monoisotopic (exact) mass is 223 g/mol. The minimum Gasteiger partial charge on any atom is -0.241 e. The summed E-state index contributed by atoms with van der Waals surface area (Å²) >= 11 is 3.54. The SMILES string of the molecule is CCCc1csc(-c2csc(C)c2)n1. The summed E-state index contributed by atoms with van der Waals surface area (Å²) in [7, 11) is 0. The molecule has 0 aliphatic rings. The Hall–Kier alpha value is -0.670. The summed E-state index contributed by atoms with van der Waals surface area (Å²) in [5.41, 5.74) is 2.51. The van der Waals surface area contributed by atoms with E-state index in [1.165, 1.54) is 22.6 Å². The van der Waals surface area contributed by atoms with Gasteiger partial charge in [-0.05, 0) is 19.4 Å². The van der Waals surface area contributed by atoms with Gasteiger partial charge in [0.2, 0.25) is 0 Å². The van der Waals surface area contributed by atoms with Gasteiger partial charge in [0.05, 0.1) is 5.69 Å². The molecular formula is C11H13NS2. The largest absolute Gasteiger partial charge is 0.241 e. The maximum atomic E-state index is 4.61. The molecule has 0 aliphatic heterocycles. The smallest absolute Gasteiger partial charge is 0.124 e. The van der Waals surface area contributed by atoms with E-state index in [0.717, 1.165) is 11.4 Å². The predicted molar refractivity (Wildman–Crippen MR) is 64.2 cm³/mol. The second-order valence-corrected chi connectivity index (χ2v) is 5.31. The number of rotatable bonds is 3. The molecule has 0 aliphatic carbocycles. The first-order chi connectivity index (χ1) is 6.79. The van der Waals surface area contributed by atoms with Crippen LogP contribution < -0.4 is 0 Å². The summed E-state index contributed by atoms with van der Waals surface area (Å²) < 4.78 is 0. The van der Waals surface area contributed by atoms with Crippen molar-refractivity contribution in [1.82, 2.24) is 4.98 Å².